The molecule has 0 saturated heterocycles. The summed E-state index contributed by atoms with van der Waals surface area (Å²) < 4.78 is 5.26. The molecule has 1 aliphatic rings. The molecule has 0 unspecified atom stereocenters. The van der Waals surface area contributed by atoms with Gasteiger partial charge in [0.1, 0.15) is 12.0 Å². The first-order valence-electron chi connectivity index (χ1n) is 8.90. The predicted octanol–water partition coefficient (Wildman–Crippen LogP) is 4.86. The summed E-state index contributed by atoms with van der Waals surface area (Å²) in [7, 11) is 1.66. The zero-order chi connectivity index (χ0) is 18.6. The molecule has 3 aromatic rings. The van der Waals surface area contributed by atoms with E-state index in [0.717, 1.165) is 35.4 Å². The molecule has 0 aromatic heterocycles. The van der Waals surface area contributed by atoms with Crippen molar-refractivity contribution in [2.24, 2.45) is 5.10 Å². The Morgan fingerprint density at radius 3 is 2.30 bits per heavy atom. The number of nitrogens with zero attached hydrogens (tertiary/aromatic N) is 2. The van der Waals surface area contributed by atoms with E-state index in [2.05, 4.69) is 12.1 Å². The summed E-state index contributed by atoms with van der Waals surface area (Å²) in [5.74, 6) is 0.832. The Labute approximate surface area is 158 Å². The molecule has 0 N–H and O–H groups in total. The van der Waals surface area contributed by atoms with Crippen LogP contribution in [0.15, 0.2) is 84.0 Å². The number of rotatable bonds is 5. The predicted molar refractivity (Wildman–Crippen MR) is 108 cm³/mol. The van der Waals surface area contributed by atoms with E-state index in [1.807, 2.05) is 71.7 Å². The maximum atomic E-state index is 11.0. The molecule has 134 valence electrons. The third kappa shape index (κ3) is 3.47. The van der Waals surface area contributed by atoms with E-state index in [0.29, 0.717) is 5.56 Å². The summed E-state index contributed by atoms with van der Waals surface area (Å²) in [6, 6.07) is 26.0. The molecular weight excluding hydrogens is 336 g/mol. The summed E-state index contributed by atoms with van der Waals surface area (Å²) in [6.07, 6.45) is 1.67. The fourth-order valence-corrected chi connectivity index (χ4v) is 3.35. The zero-order valence-corrected chi connectivity index (χ0v) is 15.1. The quantitative estimate of drug-likeness (QED) is 0.613. The van der Waals surface area contributed by atoms with Crippen molar-refractivity contribution in [1.29, 1.82) is 0 Å². The molecule has 4 nitrogen and oxygen atoms in total. The molecular formula is C23H20N2O2. The highest BCUT2D eigenvalue weighted by Gasteiger charge is 2.29. The SMILES string of the molecule is COc1ccc(C2=NN(c3ccc(C=O)cc3)[C@@H](c3ccccc3)C2)cc1. The van der Waals surface area contributed by atoms with Crippen molar-refractivity contribution in [2.45, 2.75) is 12.5 Å². The zero-order valence-electron chi connectivity index (χ0n) is 15.1. The fourth-order valence-electron chi connectivity index (χ4n) is 3.35. The van der Waals surface area contributed by atoms with Gasteiger partial charge in [0.25, 0.3) is 0 Å². The Balaban J connectivity index is 1.71. The van der Waals surface area contributed by atoms with Gasteiger partial charge in [-0.05, 0) is 59.7 Å². The van der Waals surface area contributed by atoms with Crippen molar-refractivity contribution in [3.8, 4) is 5.75 Å². The van der Waals surface area contributed by atoms with Crippen molar-refractivity contribution >= 4 is 17.7 Å². The molecule has 0 saturated carbocycles. The van der Waals surface area contributed by atoms with Crippen molar-refractivity contribution in [3.63, 3.8) is 0 Å². The number of carbonyl (C=O) groups is 1. The fraction of sp³-hybridized carbons (Fsp3) is 0.130. The van der Waals surface area contributed by atoms with Crippen LogP contribution < -0.4 is 9.75 Å². The highest BCUT2D eigenvalue weighted by molar-refractivity contribution is 6.03. The Kier molecular flexibility index (Phi) is 4.71. The Morgan fingerprint density at radius 1 is 0.963 bits per heavy atom. The van der Waals surface area contributed by atoms with Gasteiger partial charge in [-0.1, -0.05) is 30.3 Å². The molecule has 0 radical (unpaired) electrons. The number of benzene rings is 3. The van der Waals surface area contributed by atoms with Crippen LogP contribution in [0.2, 0.25) is 0 Å². The van der Waals surface area contributed by atoms with Gasteiger partial charge in [-0.25, -0.2) is 0 Å². The van der Waals surface area contributed by atoms with E-state index in [1.54, 1.807) is 7.11 Å². The van der Waals surface area contributed by atoms with Crippen LogP contribution in [0.3, 0.4) is 0 Å². The minimum Gasteiger partial charge on any atom is -0.497 e. The van der Waals surface area contributed by atoms with E-state index in [-0.39, 0.29) is 6.04 Å². The van der Waals surface area contributed by atoms with Crippen LogP contribution in [0, 0.1) is 0 Å². The van der Waals surface area contributed by atoms with Crippen molar-refractivity contribution < 1.29 is 9.53 Å². The van der Waals surface area contributed by atoms with Crippen molar-refractivity contribution in [2.75, 3.05) is 12.1 Å². The molecule has 4 rings (SSSR count). The highest BCUT2D eigenvalue weighted by Crippen LogP contribution is 2.36. The molecule has 1 aliphatic heterocycles. The van der Waals surface area contributed by atoms with Gasteiger partial charge in [0.05, 0.1) is 24.6 Å². The second kappa shape index (κ2) is 7.46. The average Bonchev–Trinajstić information content (AvgIpc) is 3.20. The van der Waals surface area contributed by atoms with Crippen LogP contribution >= 0.6 is 0 Å². The van der Waals surface area contributed by atoms with E-state index in [4.69, 9.17) is 9.84 Å². The third-order valence-electron chi connectivity index (χ3n) is 4.81. The molecule has 0 fully saturated rings. The highest BCUT2D eigenvalue weighted by atomic mass is 16.5. The van der Waals surface area contributed by atoms with Crippen LogP contribution in [0.1, 0.15) is 33.9 Å². The lowest BCUT2D eigenvalue weighted by Gasteiger charge is -2.24. The maximum Gasteiger partial charge on any atom is 0.150 e. The third-order valence-corrected chi connectivity index (χ3v) is 4.81. The number of anilines is 1. The summed E-state index contributed by atoms with van der Waals surface area (Å²) in [5, 5.41) is 6.96. The molecule has 1 atom stereocenters. The lowest BCUT2D eigenvalue weighted by molar-refractivity contribution is 0.112. The van der Waals surface area contributed by atoms with E-state index in [9.17, 15) is 4.79 Å². The molecule has 0 spiro atoms. The maximum absolute atomic E-state index is 11.0. The van der Waals surface area contributed by atoms with Gasteiger partial charge in [-0.15, -0.1) is 0 Å². The van der Waals surface area contributed by atoms with Crippen LogP contribution in [-0.4, -0.2) is 19.1 Å². The van der Waals surface area contributed by atoms with Crippen LogP contribution in [0.5, 0.6) is 5.75 Å². The van der Waals surface area contributed by atoms with E-state index < -0.39 is 0 Å². The second-order valence-corrected chi connectivity index (χ2v) is 6.46. The molecule has 3 aromatic carbocycles. The Morgan fingerprint density at radius 2 is 1.67 bits per heavy atom. The molecule has 0 aliphatic carbocycles. The summed E-state index contributed by atoms with van der Waals surface area (Å²) in [5.41, 5.74) is 4.96. The number of methoxy groups -OCH3 is 1. The van der Waals surface area contributed by atoms with Crippen LogP contribution in [-0.2, 0) is 0 Å². The largest absolute Gasteiger partial charge is 0.497 e. The smallest absolute Gasteiger partial charge is 0.150 e. The summed E-state index contributed by atoms with van der Waals surface area (Å²) in [4.78, 5) is 11.0. The monoisotopic (exact) mass is 356 g/mol. The topological polar surface area (TPSA) is 41.9 Å². The molecule has 4 heteroatoms. The number of hydrogen-bond acceptors (Lipinski definition) is 4. The summed E-state index contributed by atoms with van der Waals surface area (Å²) in [6.45, 7) is 0. The van der Waals surface area contributed by atoms with Crippen molar-refractivity contribution in [3.05, 3.63) is 95.6 Å². The molecule has 1 heterocycles. The lowest BCUT2D eigenvalue weighted by Crippen LogP contribution is -2.18. The standard InChI is InChI=1S/C23H20N2O2/c1-27-21-13-9-18(10-14-21)22-15-23(19-5-3-2-4-6-19)25(24-22)20-11-7-17(16-26)8-12-20/h2-14,16,23H,15H2,1H3/t23-/m1/s1. The lowest BCUT2D eigenvalue weighted by atomic mass is 9.98. The van der Waals surface area contributed by atoms with Gasteiger partial charge in [0.2, 0.25) is 0 Å². The van der Waals surface area contributed by atoms with Gasteiger partial charge in [-0.2, -0.15) is 5.10 Å². The minimum atomic E-state index is 0.116. The van der Waals surface area contributed by atoms with Gasteiger partial charge >= 0.3 is 0 Å². The normalized spacial score (nSPS) is 16.1. The minimum absolute atomic E-state index is 0.116. The molecule has 27 heavy (non-hydrogen) atoms. The van der Waals surface area contributed by atoms with Gasteiger partial charge in [0, 0.05) is 12.0 Å². The number of hydrazone groups is 1. The number of hydrogen-bond donors (Lipinski definition) is 0. The van der Waals surface area contributed by atoms with Crippen LogP contribution in [0.4, 0.5) is 5.69 Å². The first kappa shape index (κ1) is 17.0. The average molecular weight is 356 g/mol. The Hall–Kier alpha value is -3.40. The van der Waals surface area contributed by atoms with E-state index >= 15 is 0 Å². The second-order valence-electron chi connectivity index (χ2n) is 6.46. The van der Waals surface area contributed by atoms with Gasteiger partial charge in [0.15, 0.2) is 0 Å². The van der Waals surface area contributed by atoms with Crippen molar-refractivity contribution in [1.82, 2.24) is 0 Å². The molecule has 0 bridgehead atoms. The first-order chi connectivity index (χ1) is 13.3. The van der Waals surface area contributed by atoms with Crippen LogP contribution in [0.25, 0.3) is 0 Å². The number of aldehydes is 1. The summed E-state index contributed by atoms with van der Waals surface area (Å²) >= 11 is 0. The Bertz CT molecular complexity index is 948. The first-order valence-corrected chi connectivity index (χ1v) is 8.90. The number of carbonyl (C=O) groups excluding carboxylic acids is 1. The number of ether oxygens (including phenoxy) is 1. The molecule has 0 amide bonds. The van der Waals surface area contributed by atoms with Gasteiger partial charge < -0.3 is 4.74 Å². The van der Waals surface area contributed by atoms with Gasteiger partial charge in [-0.3, -0.25) is 9.80 Å². The van der Waals surface area contributed by atoms with E-state index in [1.165, 1.54) is 5.56 Å².